The highest BCUT2D eigenvalue weighted by Crippen LogP contribution is 2.38. The van der Waals surface area contributed by atoms with Crippen LogP contribution in [0.25, 0.3) is 22.2 Å². The second-order valence-electron chi connectivity index (χ2n) is 8.75. The van der Waals surface area contributed by atoms with E-state index in [1.165, 1.54) is 0 Å². The summed E-state index contributed by atoms with van der Waals surface area (Å²) in [5.74, 6) is -0.188. The molecule has 0 unspecified atom stereocenters. The van der Waals surface area contributed by atoms with Crippen LogP contribution in [0, 0.1) is 0 Å². The summed E-state index contributed by atoms with van der Waals surface area (Å²) in [6, 6.07) is 5.96. The lowest BCUT2D eigenvalue weighted by atomic mass is 10.0. The minimum absolute atomic E-state index is 0.0950. The number of rotatable bonds is 3. The number of fused-ring (bicyclic) bond motifs is 1. The van der Waals surface area contributed by atoms with E-state index in [0.29, 0.717) is 35.9 Å². The molecule has 4 rings (SSSR count). The van der Waals surface area contributed by atoms with Crippen LogP contribution in [0.4, 0.5) is 23.8 Å². The van der Waals surface area contributed by atoms with Gasteiger partial charge in [-0.25, -0.2) is 4.79 Å². The molecule has 8 nitrogen and oxygen atoms in total. The van der Waals surface area contributed by atoms with Crippen molar-refractivity contribution in [1.29, 1.82) is 0 Å². The lowest BCUT2D eigenvalue weighted by molar-refractivity contribution is -0.137. The number of aromatic hydroxyl groups is 1. The fraction of sp³-hybridized carbons (Fsp3) is 0.364. The van der Waals surface area contributed by atoms with Crippen LogP contribution in [0.5, 0.6) is 5.75 Å². The van der Waals surface area contributed by atoms with Gasteiger partial charge in [0, 0.05) is 30.2 Å². The van der Waals surface area contributed by atoms with Gasteiger partial charge in [-0.1, -0.05) is 0 Å². The molecule has 1 saturated heterocycles. The molecule has 1 fully saturated rings. The normalized spacial score (nSPS) is 14.8. The summed E-state index contributed by atoms with van der Waals surface area (Å²) in [6.45, 7) is 6.20. The Morgan fingerprint density at radius 3 is 2.55 bits per heavy atom. The van der Waals surface area contributed by atoms with Gasteiger partial charge in [0.15, 0.2) is 5.82 Å². The highest BCUT2D eigenvalue weighted by atomic mass is 19.4. The molecule has 0 aliphatic carbocycles. The Kier molecular flexibility index (Phi) is 5.51. The smallest absolute Gasteiger partial charge is 0.416 e. The van der Waals surface area contributed by atoms with Crippen molar-refractivity contribution in [2.24, 2.45) is 0 Å². The number of anilines is 1. The molecule has 3 heterocycles. The number of carbonyl (C=O) groups excluding carboxylic acids is 1. The van der Waals surface area contributed by atoms with Crippen LogP contribution in [-0.4, -0.2) is 56.0 Å². The van der Waals surface area contributed by atoms with E-state index in [1.807, 2.05) is 0 Å². The maximum atomic E-state index is 12.9. The second-order valence-corrected chi connectivity index (χ2v) is 8.75. The molecule has 0 spiro atoms. The van der Waals surface area contributed by atoms with Crippen molar-refractivity contribution in [3.63, 3.8) is 0 Å². The molecule has 1 amide bonds. The van der Waals surface area contributed by atoms with Crippen LogP contribution in [0.1, 0.15) is 26.3 Å². The number of hydrogen-bond donors (Lipinski definition) is 2. The van der Waals surface area contributed by atoms with Crippen LogP contribution in [0.2, 0.25) is 0 Å². The van der Waals surface area contributed by atoms with Gasteiger partial charge in [-0.15, -0.1) is 10.2 Å². The summed E-state index contributed by atoms with van der Waals surface area (Å²) in [4.78, 5) is 18.0. The van der Waals surface area contributed by atoms with E-state index in [9.17, 15) is 23.1 Å². The van der Waals surface area contributed by atoms with E-state index < -0.39 is 29.2 Å². The fourth-order valence-electron chi connectivity index (χ4n) is 3.43. The van der Waals surface area contributed by atoms with Crippen LogP contribution in [-0.2, 0) is 10.9 Å². The minimum atomic E-state index is -4.57. The number of alkyl halides is 3. The maximum Gasteiger partial charge on any atom is 0.416 e. The molecule has 33 heavy (non-hydrogen) atoms. The quantitative estimate of drug-likeness (QED) is 0.594. The molecule has 174 valence electrons. The van der Waals surface area contributed by atoms with Gasteiger partial charge in [0.05, 0.1) is 11.6 Å². The van der Waals surface area contributed by atoms with Crippen LogP contribution < -0.4 is 5.32 Å². The minimum Gasteiger partial charge on any atom is -0.507 e. The number of amides is 1. The van der Waals surface area contributed by atoms with Gasteiger partial charge in [0.2, 0.25) is 0 Å². The summed E-state index contributed by atoms with van der Waals surface area (Å²) < 4.78 is 44.2. The number of nitrogens with one attached hydrogen (secondary N) is 1. The van der Waals surface area contributed by atoms with Crippen molar-refractivity contribution in [1.82, 2.24) is 20.1 Å². The van der Waals surface area contributed by atoms with Crippen LogP contribution in [0.3, 0.4) is 0 Å². The van der Waals surface area contributed by atoms with Gasteiger partial charge < -0.3 is 20.1 Å². The molecule has 2 N–H and O–H groups in total. The third-order valence-electron chi connectivity index (χ3n) is 4.99. The molecule has 1 aliphatic heterocycles. The predicted octanol–water partition coefficient (Wildman–Crippen LogP) is 4.45. The Morgan fingerprint density at radius 1 is 1.18 bits per heavy atom. The number of likely N-dealkylation sites (tertiary alicyclic amines) is 1. The molecular formula is C22H22F3N5O3. The van der Waals surface area contributed by atoms with E-state index in [4.69, 9.17) is 4.74 Å². The Balaban J connectivity index is 1.57. The van der Waals surface area contributed by atoms with Crippen molar-refractivity contribution < 1.29 is 27.8 Å². The van der Waals surface area contributed by atoms with Crippen molar-refractivity contribution in [3.8, 4) is 17.0 Å². The van der Waals surface area contributed by atoms with Gasteiger partial charge >= 0.3 is 12.3 Å². The number of nitrogens with zero attached hydrogens (tertiary/aromatic N) is 4. The lowest BCUT2D eigenvalue weighted by Crippen LogP contribution is -2.58. The summed E-state index contributed by atoms with van der Waals surface area (Å²) in [5, 5.41) is 22.2. The summed E-state index contributed by atoms with van der Waals surface area (Å²) in [7, 11) is 0. The number of hydrogen-bond acceptors (Lipinski definition) is 7. The first kappa shape index (κ1) is 22.6. The molecule has 3 aromatic rings. The molecule has 0 bridgehead atoms. The summed E-state index contributed by atoms with van der Waals surface area (Å²) >= 11 is 0. The van der Waals surface area contributed by atoms with Gasteiger partial charge in [-0.2, -0.15) is 13.2 Å². The number of carbonyl (C=O) groups is 1. The topological polar surface area (TPSA) is 100 Å². The summed E-state index contributed by atoms with van der Waals surface area (Å²) in [5.41, 5.74) is -0.783. The zero-order chi connectivity index (χ0) is 24.0. The Hall–Kier alpha value is -3.63. The average Bonchev–Trinajstić information content (AvgIpc) is 2.68. The Morgan fingerprint density at radius 2 is 1.91 bits per heavy atom. The van der Waals surface area contributed by atoms with E-state index in [2.05, 4.69) is 20.5 Å². The SMILES string of the molecule is CC(C)(C)OC(=O)N1CC(Nc2nnc(-c3ccc(C(F)(F)F)cc3O)c3cccnc23)C1. The largest absolute Gasteiger partial charge is 0.507 e. The number of aromatic nitrogens is 3. The lowest BCUT2D eigenvalue weighted by Gasteiger charge is -2.40. The number of ether oxygens (including phenoxy) is 1. The van der Waals surface area contributed by atoms with E-state index in [-0.39, 0.29) is 17.3 Å². The summed E-state index contributed by atoms with van der Waals surface area (Å²) in [6.07, 6.45) is -3.42. The van der Waals surface area contributed by atoms with E-state index >= 15 is 0 Å². The molecular weight excluding hydrogens is 439 g/mol. The monoisotopic (exact) mass is 461 g/mol. The number of pyridine rings is 1. The standard InChI is InChI=1S/C22H22F3N5O3/c1-21(2,3)33-20(32)30-10-13(11-30)27-19-18-15(5-4-8-26-18)17(28-29-19)14-7-6-12(9-16(14)31)22(23,24)25/h4-9,13,31H,10-11H2,1-3H3,(H,27,29). The first-order valence-electron chi connectivity index (χ1n) is 10.2. The first-order chi connectivity index (χ1) is 15.4. The van der Waals surface area contributed by atoms with E-state index in [0.717, 1.165) is 12.1 Å². The molecule has 1 aliphatic rings. The third-order valence-corrected chi connectivity index (χ3v) is 4.99. The predicted molar refractivity (Wildman–Crippen MR) is 115 cm³/mol. The zero-order valence-electron chi connectivity index (χ0n) is 18.1. The highest BCUT2D eigenvalue weighted by molar-refractivity contribution is 5.98. The Labute approximate surface area is 187 Å². The fourth-order valence-corrected chi connectivity index (χ4v) is 3.43. The molecule has 11 heteroatoms. The average molecular weight is 461 g/mol. The molecule has 2 aromatic heterocycles. The molecule has 0 radical (unpaired) electrons. The third kappa shape index (κ3) is 4.76. The van der Waals surface area contributed by atoms with Gasteiger partial charge in [0.25, 0.3) is 0 Å². The molecule has 0 atom stereocenters. The zero-order valence-corrected chi connectivity index (χ0v) is 18.1. The van der Waals surface area contributed by atoms with Crippen LogP contribution >= 0.6 is 0 Å². The van der Waals surface area contributed by atoms with Crippen molar-refractivity contribution in [2.45, 2.75) is 38.6 Å². The molecule has 1 aromatic carbocycles. The van der Waals surface area contributed by atoms with Gasteiger partial charge in [-0.3, -0.25) is 4.98 Å². The van der Waals surface area contributed by atoms with Gasteiger partial charge in [0.1, 0.15) is 22.6 Å². The number of benzene rings is 1. The number of halogens is 3. The van der Waals surface area contributed by atoms with Crippen molar-refractivity contribution in [2.75, 3.05) is 18.4 Å². The van der Waals surface area contributed by atoms with Crippen molar-refractivity contribution in [3.05, 3.63) is 42.1 Å². The van der Waals surface area contributed by atoms with Crippen LogP contribution in [0.15, 0.2) is 36.5 Å². The van der Waals surface area contributed by atoms with Crippen molar-refractivity contribution >= 4 is 22.8 Å². The Bertz CT molecular complexity index is 1200. The number of phenols is 1. The highest BCUT2D eigenvalue weighted by Gasteiger charge is 2.35. The first-order valence-corrected chi connectivity index (χ1v) is 10.2. The maximum absolute atomic E-state index is 12.9. The van der Waals surface area contributed by atoms with E-state index in [1.54, 1.807) is 44.0 Å². The number of phenolic OH excluding ortho intramolecular Hbond substituents is 1. The molecule has 0 saturated carbocycles. The second kappa shape index (κ2) is 8.05. The van der Waals surface area contributed by atoms with Gasteiger partial charge in [-0.05, 0) is 51.1 Å².